The van der Waals surface area contributed by atoms with E-state index in [-0.39, 0.29) is 6.03 Å². The Balaban J connectivity index is 2.65. The minimum absolute atomic E-state index is 0.301. The first-order chi connectivity index (χ1) is 8.15. The second-order valence-electron chi connectivity index (χ2n) is 3.15. The van der Waals surface area contributed by atoms with Gasteiger partial charge in [0.05, 0.1) is 0 Å². The molecule has 0 unspecified atom stereocenters. The van der Waals surface area contributed by atoms with Gasteiger partial charge in [0.1, 0.15) is 5.75 Å². The molecule has 6 heteroatoms. The van der Waals surface area contributed by atoms with Crippen LogP contribution in [0.25, 0.3) is 0 Å². The average Bonchev–Trinajstić information content (AvgIpc) is 2.29. The number of hydrogen-bond donors (Lipinski definition) is 3. The predicted octanol–water partition coefficient (Wildman–Crippen LogP) is 1.55. The fourth-order valence-electron chi connectivity index (χ4n) is 1.13. The van der Waals surface area contributed by atoms with Crippen molar-refractivity contribution in [2.24, 2.45) is 0 Å². The molecule has 3 N–H and O–H groups in total. The van der Waals surface area contributed by atoms with Crippen molar-refractivity contribution in [3.63, 3.8) is 0 Å². The number of hydrogen-bond acceptors (Lipinski definition) is 3. The molecule has 0 aliphatic carbocycles. The van der Waals surface area contributed by atoms with Gasteiger partial charge in [0.25, 0.3) is 0 Å². The first kappa shape index (κ1) is 12.8. The number of anilines is 1. The van der Waals surface area contributed by atoms with Gasteiger partial charge in [-0.25, -0.2) is 9.59 Å². The molecular formula is C11H15N3O3. The van der Waals surface area contributed by atoms with Crippen molar-refractivity contribution in [1.29, 1.82) is 0 Å². The molecule has 1 aromatic rings. The lowest BCUT2D eigenvalue weighted by Gasteiger charge is -2.08. The molecule has 0 aromatic heterocycles. The van der Waals surface area contributed by atoms with E-state index < -0.39 is 6.09 Å². The predicted molar refractivity (Wildman–Crippen MR) is 64.2 cm³/mol. The van der Waals surface area contributed by atoms with E-state index >= 15 is 0 Å². The zero-order valence-corrected chi connectivity index (χ0v) is 9.74. The molecule has 6 nitrogen and oxygen atoms in total. The number of carbonyl (C=O) groups excluding carboxylic acids is 2. The number of carbonyl (C=O) groups is 2. The highest BCUT2D eigenvalue weighted by Gasteiger charge is 2.04. The Morgan fingerprint density at radius 1 is 1.35 bits per heavy atom. The second-order valence-corrected chi connectivity index (χ2v) is 3.15. The van der Waals surface area contributed by atoms with Crippen LogP contribution < -0.4 is 20.7 Å². The topological polar surface area (TPSA) is 79.5 Å². The summed E-state index contributed by atoms with van der Waals surface area (Å²) < 4.78 is 4.92. The van der Waals surface area contributed by atoms with Gasteiger partial charge in [-0.1, -0.05) is 6.07 Å². The smallest absolute Gasteiger partial charge is 0.410 e. The van der Waals surface area contributed by atoms with Crippen molar-refractivity contribution in [3.05, 3.63) is 24.3 Å². The minimum atomic E-state index is -0.555. The first-order valence-electron chi connectivity index (χ1n) is 5.20. The molecule has 0 radical (unpaired) electrons. The Hall–Kier alpha value is -2.24. The van der Waals surface area contributed by atoms with Gasteiger partial charge in [-0.05, 0) is 19.1 Å². The van der Waals surface area contributed by atoms with Crippen LogP contribution in [-0.2, 0) is 0 Å². The van der Waals surface area contributed by atoms with Crippen LogP contribution >= 0.6 is 0 Å². The molecular weight excluding hydrogens is 222 g/mol. The molecule has 1 aromatic carbocycles. The van der Waals surface area contributed by atoms with E-state index in [1.807, 2.05) is 6.92 Å². The quantitative estimate of drug-likeness (QED) is 0.746. The van der Waals surface area contributed by atoms with Crippen molar-refractivity contribution in [1.82, 2.24) is 10.6 Å². The molecule has 1 rings (SSSR count). The summed E-state index contributed by atoms with van der Waals surface area (Å²) in [4.78, 5) is 22.2. The Bertz CT molecular complexity index is 407. The monoisotopic (exact) mass is 237 g/mol. The van der Waals surface area contributed by atoms with E-state index in [0.29, 0.717) is 18.0 Å². The summed E-state index contributed by atoms with van der Waals surface area (Å²) in [5, 5.41) is 7.54. The van der Waals surface area contributed by atoms with Gasteiger partial charge >= 0.3 is 12.1 Å². The van der Waals surface area contributed by atoms with Gasteiger partial charge in [0.2, 0.25) is 0 Å². The number of nitrogens with one attached hydrogen (secondary N) is 3. The summed E-state index contributed by atoms with van der Waals surface area (Å²) in [6.07, 6.45) is -0.555. The molecule has 0 heterocycles. The van der Waals surface area contributed by atoms with Crippen molar-refractivity contribution in [2.75, 3.05) is 18.9 Å². The third kappa shape index (κ3) is 4.42. The summed E-state index contributed by atoms with van der Waals surface area (Å²) in [5.74, 6) is 0.360. The second kappa shape index (κ2) is 6.37. The van der Waals surface area contributed by atoms with Crippen LogP contribution in [0.2, 0.25) is 0 Å². The third-order valence-electron chi connectivity index (χ3n) is 1.84. The maximum absolute atomic E-state index is 11.3. The van der Waals surface area contributed by atoms with Crippen LogP contribution in [0, 0.1) is 0 Å². The molecule has 0 atom stereocenters. The van der Waals surface area contributed by atoms with Crippen LogP contribution in [0.15, 0.2) is 24.3 Å². The maximum atomic E-state index is 11.3. The van der Waals surface area contributed by atoms with E-state index in [1.54, 1.807) is 24.3 Å². The molecule has 0 bridgehead atoms. The minimum Gasteiger partial charge on any atom is -0.410 e. The largest absolute Gasteiger partial charge is 0.412 e. The first-order valence-corrected chi connectivity index (χ1v) is 5.20. The Labute approximate surface area is 99.3 Å². The lowest BCUT2D eigenvalue weighted by molar-refractivity contribution is 0.203. The van der Waals surface area contributed by atoms with Gasteiger partial charge in [-0.15, -0.1) is 0 Å². The number of benzene rings is 1. The summed E-state index contributed by atoms with van der Waals surface area (Å²) >= 11 is 0. The Morgan fingerprint density at radius 2 is 2.12 bits per heavy atom. The van der Waals surface area contributed by atoms with E-state index in [1.165, 1.54) is 7.05 Å². The third-order valence-corrected chi connectivity index (χ3v) is 1.84. The van der Waals surface area contributed by atoms with Crippen LogP contribution in [-0.4, -0.2) is 25.7 Å². The molecule has 0 fully saturated rings. The molecule has 3 amide bonds. The molecule has 0 aliphatic rings. The van der Waals surface area contributed by atoms with Gasteiger partial charge in [0, 0.05) is 25.3 Å². The number of urea groups is 1. The van der Waals surface area contributed by atoms with E-state index in [9.17, 15) is 9.59 Å². The summed E-state index contributed by atoms with van der Waals surface area (Å²) in [6, 6.07) is 6.26. The molecule has 0 aliphatic heterocycles. The zero-order valence-electron chi connectivity index (χ0n) is 9.74. The highest BCUT2D eigenvalue weighted by Crippen LogP contribution is 2.17. The number of ether oxygens (including phenoxy) is 1. The maximum Gasteiger partial charge on any atom is 0.412 e. The zero-order chi connectivity index (χ0) is 12.7. The SMILES string of the molecule is CCNC(=O)Nc1cccc(OC(=O)NC)c1. The van der Waals surface area contributed by atoms with Crippen molar-refractivity contribution >= 4 is 17.8 Å². The lowest BCUT2D eigenvalue weighted by atomic mass is 10.3. The van der Waals surface area contributed by atoms with E-state index in [4.69, 9.17) is 4.74 Å². The van der Waals surface area contributed by atoms with Gasteiger partial charge in [0.15, 0.2) is 0 Å². The number of rotatable bonds is 3. The molecule has 17 heavy (non-hydrogen) atoms. The van der Waals surface area contributed by atoms with Crippen LogP contribution in [0.1, 0.15) is 6.92 Å². The Kier molecular flexibility index (Phi) is 4.80. The summed E-state index contributed by atoms with van der Waals surface area (Å²) in [6.45, 7) is 2.37. The number of amides is 3. The van der Waals surface area contributed by atoms with Crippen LogP contribution in [0.3, 0.4) is 0 Å². The summed E-state index contributed by atoms with van der Waals surface area (Å²) in [5.41, 5.74) is 0.553. The average molecular weight is 237 g/mol. The fourth-order valence-corrected chi connectivity index (χ4v) is 1.13. The summed E-state index contributed by atoms with van der Waals surface area (Å²) in [7, 11) is 1.47. The normalized spacial score (nSPS) is 9.29. The molecule has 0 saturated heterocycles. The van der Waals surface area contributed by atoms with Crippen molar-refractivity contribution in [2.45, 2.75) is 6.92 Å². The van der Waals surface area contributed by atoms with Crippen LogP contribution in [0.5, 0.6) is 5.75 Å². The van der Waals surface area contributed by atoms with Gasteiger partial charge in [-0.3, -0.25) is 0 Å². The molecule has 92 valence electrons. The standard InChI is InChI=1S/C11H15N3O3/c1-3-13-10(15)14-8-5-4-6-9(7-8)17-11(16)12-2/h4-7H,3H2,1-2H3,(H,12,16)(H2,13,14,15). The lowest BCUT2D eigenvalue weighted by Crippen LogP contribution is -2.28. The highest BCUT2D eigenvalue weighted by molar-refractivity contribution is 5.89. The highest BCUT2D eigenvalue weighted by atomic mass is 16.5. The van der Waals surface area contributed by atoms with E-state index in [2.05, 4.69) is 16.0 Å². The van der Waals surface area contributed by atoms with E-state index in [0.717, 1.165) is 0 Å². The van der Waals surface area contributed by atoms with Crippen LogP contribution in [0.4, 0.5) is 15.3 Å². The van der Waals surface area contributed by atoms with Crippen molar-refractivity contribution < 1.29 is 14.3 Å². The fraction of sp³-hybridized carbons (Fsp3) is 0.273. The van der Waals surface area contributed by atoms with Gasteiger partial charge < -0.3 is 20.7 Å². The van der Waals surface area contributed by atoms with Gasteiger partial charge in [-0.2, -0.15) is 0 Å². The van der Waals surface area contributed by atoms with Crippen molar-refractivity contribution in [3.8, 4) is 5.75 Å². The molecule has 0 spiro atoms. The Morgan fingerprint density at radius 3 is 2.76 bits per heavy atom. The molecule has 0 saturated carbocycles.